The van der Waals surface area contributed by atoms with E-state index in [0.29, 0.717) is 165 Å². The van der Waals surface area contributed by atoms with Crippen molar-refractivity contribution in [3.8, 4) is 56.4 Å². The van der Waals surface area contributed by atoms with Crippen LogP contribution in [0.25, 0.3) is 45.5 Å². The Kier molecular flexibility index (Phi) is 40.1. The molecule has 7 heterocycles. The minimum absolute atomic E-state index is 0.0367. The number of pyridine rings is 2. The van der Waals surface area contributed by atoms with Crippen LogP contribution in [-0.4, -0.2) is 233 Å². The highest BCUT2D eigenvalue weighted by Gasteiger charge is 2.51. The van der Waals surface area contributed by atoms with Crippen molar-refractivity contribution in [2.75, 3.05) is 156 Å². The Morgan fingerprint density at radius 1 is 0.421 bits per heavy atom. The van der Waals surface area contributed by atoms with E-state index in [1.807, 2.05) is 201 Å². The number of carboxylic acids is 1. The van der Waals surface area contributed by atoms with Crippen LogP contribution in [0, 0.1) is 27.7 Å². The maximum absolute atomic E-state index is 12.6. The minimum atomic E-state index is -0.980. The first-order valence-corrected chi connectivity index (χ1v) is 45.7. The summed E-state index contributed by atoms with van der Waals surface area (Å²) in [6.45, 7) is 33.8. The molecular formula is C104H124BBrN10O17. The first kappa shape index (κ1) is 103. The van der Waals surface area contributed by atoms with Gasteiger partial charge in [-0.3, -0.25) is 24.0 Å². The van der Waals surface area contributed by atoms with Crippen molar-refractivity contribution in [3.63, 3.8) is 0 Å². The number of rotatable bonds is 25. The summed E-state index contributed by atoms with van der Waals surface area (Å²) in [6, 6.07) is 61.9. The van der Waals surface area contributed by atoms with Crippen molar-refractivity contribution in [3.05, 3.63) is 279 Å². The number of amides is 5. The van der Waals surface area contributed by atoms with Crippen LogP contribution in [-0.2, 0) is 37.8 Å². The number of aliphatic carboxylic acids is 1. The fraction of sp³-hybridized carbons (Fsp3) is 0.346. The lowest BCUT2D eigenvalue weighted by Crippen LogP contribution is -2.41. The topological polar surface area (TPSA) is 344 Å². The van der Waals surface area contributed by atoms with E-state index >= 15 is 0 Å². The number of morpholine rings is 4. The predicted octanol–water partition coefficient (Wildman–Crippen LogP) is 15.5. The average Bonchev–Trinajstić information content (AvgIpc) is 1.62. The average molecular weight is 1880 g/mol. The highest BCUT2D eigenvalue weighted by Crippen LogP contribution is 2.37. The van der Waals surface area contributed by atoms with Crippen LogP contribution in [0.3, 0.4) is 0 Å². The third-order valence-corrected chi connectivity index (χ3v) is 22.8. The molecule has 0 atom stereocenters. The predicted molar refractivity (Wildman–Crippen MR) is 525 cm³/mol. The normalized spacial score (nSPS) is 14.9. The van der Waals surface area contributed by atoms with E-state index in [9.17, 15) is 28.8 Å². The summed E-state index contributed by atoms with van der Waals surface area (Å²) in [5.74, 6) is 3.43. The van der Waals surface area contributed by atoms with Crippen molar-refractivity contribution >= 4 is 87.8 Å². The molecule has 0 saturated carbocycles. The standard InChI is InChI=1S/C28H30N4O4.C21H25NO3.C20H24N2O3.C17H24BNO4.C10H13BrO.C8H8N2O2/c1-20-18-24(22-4-6-23(7-5-22)28(34)32-13-16-35-17-14-32)8-9-25(20)36-15-12-30-27(33)11-3-21-2-10-26(29)31-19-21;1-3-12-25-20-9-8-19(15-16(20)2)17-4-6-18(7-5-17)21(23)22-10-13-24-14-11-22;1-15-14-18(6-7-19(15)25-11-8-21)16-2-4-17(5-3-16)20(23)22-9-12-24-13-10-22;1-16(2)17(3,4)23-18(22-16)14-7-5-13(6-8-14)15(20)19-9-11-21-12-10-19;1-3-6-12-10-5-4-9(11)7-8(10)2;9-7-3-1-6(5-10-7)2-4-8(11)12/h2-11,18-19H,12-17H2,1H3,(H2,29,31)(H,30,33);4-9,15H,3,10-14H2,1-2H3;2-7,14H,8-13,21H2,1H3;5-8H,9-12H2,1-4H3;4-5,7H,3,6H2,1-2H3;1-5H,(H2,9,10)(H,11,12)/b11-3+;;;;;4-2+. The molecule has 29 heteroatoms. The van der Waals surface area contributed by atoms with Crippen molar-refractivity contribution in [1.82, 2.24) is 34.9 Å². The van der Waals surface area contributed by atoms with Gasteiger partial charge in [0.15, 0.2) is 0 Å². The van der Waals surface area contributed by atoms with Crippen LogP contribution >= 0.6 is 15.9 Å². The Hall–Kier alpha value is -12.6. The molecule has 15 rings (SSSR count). The van der Waals surface area contributed by atoms with Gasteiger partial charge in [-0.05, 0) is 280 Å². The summed E-state index contributed by atoms with van der Waals surface area (Å²) in [4.78, 5) is 87.3. The van der Waals surface area contributed by atoms with Crippen LogP contribution in [0.2, 0.25) is 0 Å². The molecule has 0 spiro atoms. The second-order valence-corrected chi connectivity index (χ2v) is 33.8. The molecular weight excluding hydrogens is 1750 g/mol. The smallest absolute Gasteiger partial charge is 0.493 e. The number of anilines is 2. The van der Waals surface area contributed by atoms with E-state index < -0.39 is 13.1 Å². The van der Waals surface area contributed by atoms with Gasteiger partial charge >= 0.3 is 13.1 Å². The molecule has 133 heavy (non-hydrogen) atoms. The van der Waals surface area contributed by atoms with Crippen molar-refractivity contribution in [2.24, 2.45) is 5.73 Å². The second kappa shape index (κ2) is 52.0. The number of aromatic nitrogens is 2. The lowest BCUT2D eigenvalue weighted by atomic mass is 9.79. The monoisotopic (exact) mass is 1870 g/mol. The number of aryl methyl sites for hydroxylation is 4. The number of nitrogens with zero attached hydrogens (tertiary/aromatic N) is 6. The fourth-order valence-electron chi connectivity index (χ4n) is 14.1. The number of carbonyl (C=O) groups is 6. The summed E-state index contributed by atoms with van der Waals surface area (Å²) in [5.41, 5.74) is 31.7. The lowest BCUT2D eigenvalue weighted by molar-refractivity contribution is -0.131. The molecule has 5 saturated heterocycles. The number of nitrogens with two attached hydrogens (primary N) is 3. The second-order valence-electron chi connectivity index (χ2n) is 32.9. The van der Waals surface area contributed by atoms with E-state index in [-0.39, 0.29) is 40.7 Å². The van der Waals surface area contributed by atoms with E-state index in [0.717, 1.165) is 126 Å². The molecule has 0 unspecified atom stereocenters. The van der Waals surface area contributed by atoms with Gasteiger partial charge in [0.25, 0.3) is 23.6 Å². The van der Waals surface area contributed by atoms with E-state index in [4.69, 9.17) is 69.5 Å². The quantitative estimate of drug-likeness (QED) is 0.0202. The molecule has 0 radical (unpaired) electrons. The highest BCUT2D eigenvalue weighted by molar-refractivity contribution is 9.10. The molecule has 702 valence electrons. The third-order valence-electron chi connectivity index (χ3n) is 22.4. The molecule has 5 aliphatic heterocycles. The molecule has 2 aromatic heterocycles. The molecule has 5 aliphatic rings. The molecule has 0 aliphatic carbocycles. The Morgan fingerprint density at radius 3 is 1.04 bits per heavy atom. The zero-order valence-corrected chi connectivity index (χ0v) is 79.3. The first-order chi connectivity index (χ1) is 64.1. The summed E-state index contributed by atoms with van der Waals surface area (Å²) in [6.07, 6.45) is 10.8. The van der Waals surface area contributed by atoms with Gasteiger partial charge in [-0.1, -0.05) is 96.5 Å². The molecule has 5 fully saturated rings. The molecule has 10 aromatic rings. The largest absolute Gasteiger partial charge is 0.494 e. The number of benzene rings is 8. The van der Waals surface area contributed by atoms with Gasteiger partial charge in [0, 0.05) is 110 Å². The zero-order chi connectivity index (χ0) is 95.2. The first-order valence-electron chi connectivity index (χ1n) is 44.9. The van der Waals surface area contributed by atoms with E-state index in [2.05, 4.69) is 89.2 Å². The van der Waals surface area contributed by atoms with Crippen molar-refractivity contribution in [1.29, 1.82) is 0 Å². The van der Waals surface area contributed by atoms with Crippen LogP contribution < -0.4 is 46.9 Å². The number of ether oxygens (including phenoxy) is 8. The molecule has 5 amide bonds. The number of nitrogen functional groups attached to an aromatic ring is 2. The van der Waals surface area contributed by atoms with Gasteiger partial charge in [0.05, 0.1) is 83.8 Å². The van der Waals surface area contributed by atoms with Gasteiger partial charge in [-0.2, -0.15) is 0 Å². The molecule has 8 N–H and O–H groups in total. The molecule has 27 nitrogen and oxygen atoms in total. The van der Waals surface area contributed by atoms with Gasteiger partial charge in [-0.25, -0.2) is 14.8 Å². The number of hydrogen-bond donors (Lipinski definition) is 5. The van der Waals surface area contributed by atoms with Gasteiger partial charge in [-0.15, -0.1) is 0 Å². The van der Waals surface area contributed by atoms with E-state index in [1.54, 1.807) is 36.5 Å². The highest BCUT2D eigenvalue weighted by atomic mass is 79.9. The number of carboxylic acid groups (broad SMARTS) is 1. The number of carbonyl (C=O) groups excluding carboxylic acids is 5. The Labute approximate surface area is 789 Å². The SMILES string of the molecule is CC1(C)OB(c2ccc(C(=O)N3CCOCC3)cc2)OC1(C)C.CCCOc1ccc(-c2ccc(C(=O)N3CCOCC3)cc2)cc1C.CCCOc1ccc(Br)cc1C.Cc1cc(-c2ccc(C(=O)N3CCOCC3)cc2)ccc1OCCN.Cc1cc(-c2ccc(C(=O)N3CCOCC3)cc2)ccc1OCCNC(=O)/C=C/c1ccc(N)nc1.Nc1ccc(/C=C/C(=O)O)cn1. The lowest BCUT2D eigenvalue weighted by Gasteiger charge is -2.32. The Morgan fingerprint density at radius 2 is 0.729 bits per heavy atom. The van der Waals surface area contributed by atoms with Crippen LogP contribution in [0.15, 0.2) is 223 Å². The molecule has 0 bridgehead atoms. The Bertz CT molecular complexity index is 5330. The summed E-state index contributed by atoms with van der Waals surface area (Å²) < 4.78 is 57.1. The van der Waals surface area contributed by atoms with Gasteiger partial charge in [0.1, 0.15) is 47.8 Å². The number of halogens is 1. The van der Waals surface area contributed by atoms with Gasteiger partial charge < -0.3 is 94.4 Å². The summed E-state index contributed by atoms with van der Waals surface area (Å²) >= 11 is 3.41. The molecule has 8 aromatic carbocycles. The van der Waals surface area contributed by atoms with Gasteiger partial charge in [0.2, 0.25) is 5.91 Å². The van der Waals surface area contributed by atoms with E-state index in [1.165, 1.54) is 23.9 Å². The van der Waals surface area contributed by atoms with Crippen LogP contribution in [0.1, 0.15) is 129 Å². The van der Waals surface area contributed by atoms with Crippen molar-refractivity contribution < 1.29 is 81.1 Å². The Balaban J connectivity index is 0.000000171. The summed E-state index contributed by atoms with van der Waals surface area (Å²) in [7, 11) is -0.396. The maximum atomic E-state index is 12.6. The number of nitrogens with one attached hydrogen (secondary N) is 1. The zero-order valence-electron chi connectivity index (χ0n) is 77.8. The maximum Gasteiger partial charge on any atom is 0.494 e. The summed E-state index contributed by atoms with van der Waals surface area (Å²) in [5, 5.41) is 11.1. The van der Waals surface area contributed by atoms with Crippen LogP contribution in [0.4, 0.5) is 11.6 Å². The van der Waals surface area contributed by atoms with Crippen LogP contribution in [0.5, 0.6) is 23.0 Å². The minimum Gasteiger partial charge on any atom is -0.493 e. The third kappa shape index (κ3) is 31.8. The van der Waals surface area contributed by atoms with Crippen molar-refractivity contribution in [2.45, 2.75) is 93.3 Å². The number of hydrogen-bond acceptors (Lipinski definition) is 21. The fourth-order valence-corrected chi connectivity index (χ4v) is 14.6.